The number of urea groups is 1. The van der Waals surface area contributed by atoms with Gasteiger partial charge in [-0.15, -0.1) is 0 Å². The number of halogens is 2. The molecule has 0 unspecified atom stereocenters. The van der Waals surface area contributed by atoms with E-state index in [1.54, 1.807) is 13.0 Å². The summed E-state index contributed by atoms with van der Waals surface area (Å²) in [6.07, 6.45) is 3.62. The standard InChI is InChI=1S/C18H25F2N3O3/c1-12-9-13(26-17(19)20)5-6-14(12)21-18(24)22-15-10-25-11-16(15)23-7-3-2-4-8-23/h5-6,9,15-17H,2-4,7-8,10-11H2,1H3,(H2,21,22,24)/t15-,16-/m0/s1. The minimum Gasteiger partial charge on any atom is -0.435 e. The number of hydrogen-bond acceptors (Lipinski definition) is 4. The number of ether oxygens (including phenoxy) is 2. The molecule has 2 amide bonds. The largest absolute Gasteiger partial charge is 0.435 e. The molecule has 1 aromatic rings. The average molecular weight is 369 g/mol. The molecule has 6 nitrogen and oxygen atoms in total. The number of benzene rings is 1. The molecule has 144 valence electrons. The Labute approximate surface area is 151 Å². The van der Waals surface area contributed by atoms with Crippen LogP contribution in [0.5, 0.6) is 5.75 Å². The number of aryl methyl sites for hydroxylation is 1. The normalized spacial score (nSPS) is 23.8. The van der Waals surface area contributed by atoms with Crippen molar-refractivity contribution in [1.82, 2.24) is 10.2 Å². The summed E-state index contributed by atoms with van der Waals surface area (Å²) in [4.78, 5) is 14.8. The maximum absolute atomic E-state index is 12.4. The van der Waals surface area contributed by atoms with Crippen molar-refractivity contribution in [3.63, 3.8) is 0 Å². The Morgan fingerprint density at radius 3 is 2.73 bits per heavy atom. The van der Waals surface area contributed by atoms with Crippen molar-refractivity contribution in [3.05, 3.63) is 23.8 Å². The molecule has 0 aliphatic carbocycles. The Kier molecular flexibility index (Phi) is 6.26. The molecular formula is C18H25F2N3O3. The fourth-order valence-corrected chi connectivity index (χ4v) is 3.57. The topological polar surface area (TPSA) is 62.8 Å². The molecule has 0 bridgehead atoms. The van der Waals surface area contributed by atoms with Crippen LogP contribution < -0.4 is 15.4 Å². The fourth-order valence-electron chi connectivity index (χ4n) is 3.57. The summed E-state index contributed by atoms with van der Waals surface area (Å²) in [5.74, 6) is 0.0674. The van der Waals surface area contributed by atoms with E-state index >= 15 is 0 Å². The molecular weight excluding hydrogens is 344 g/mol. The molecule has 2 heterocycles. The highest BCUT2D eigenvalue weighted by molar-refractivity contribution is 5.90. The third-order valence-corrected chi connectivity index (χ3v) is 4.90. The number of rotatable bonds is 5. The van der Waals surface area contributed by atoms with Crippen LogP contribution in [0.4, 0.5) is 19.3 Å². The van der Waals surface area contributed by atoms with Crippen molar-refractivity contribution >= 4 is 11.7 Å². The van der Waals surface area contributed by atoms with Crippen LogP contribution in [-0.4, -0.2) is 55.9 Å². The van der Waals surface area contributed by atoms with E-state index in [0.29, 0.717) is 24.5 Å². The van der Waals surface area contributed by atoms with Crippen molar-refractivity contribution < 1.29 is 23.0 Å². The number of likely N-dealkylation sites (tertiary alicyclic amines) is 1. The summed E-state index contributed by atoms with van der Waals surface area (Å²) < 4.78 is 34.5. The minimum atomic E-state index is -2.87. The zero-order valence-corrected chi connectivity index (χ0v) is 14.8. The number of carbonyl (C=O) groups is 1. The molecule has 1 aromatic carbocycles. The number of hydrogen-bond donors (Lipinski definition) is 2. The minimum absolute atomic E-state index is 0.0603. The Hall–Kier alpha value is -1.93. The summed E-state index contributed by atoms with van der Waals surface area (Å²) >= 11 is 0. The number of piperidine rings is 1. The smallest absolute Gasteiger partial charge is 0.387 e. The van der Waals surface area contributed by atoms with Gasteiger partial charge in [0.25, 0.3) is 0 Å². The first-order valence-electron chi connectivity index (χ1n) is 8.97. The molecule has 2 aliphatic rings. The highest BCUT2D eigenvalue weighted by Crippen LogP contribution is 2.23. The second-order valence-electron chi connectivity index (χ2n) is 6.76. The molecule has 3 rings (SSSR count). The first-order chi connectivity index (χ1) is 12.5. The van der Waals surface area contributed by atoms with Crippen LogP contribution >= 0.6 is 0 Å². The molecule has 0 aromatic heterocycles. The van der Waals surface area contributed by atoms with Gasteiger partial charge in [-0.2, -0.15) is 8.78 Å². The van der Waals surface area contributed by atoms with Gasteiger partial charge in [-0.3, -0.25) is 4.90 Å². The third-order valence-electron chi connectivity index (χ3n) is 4.90. The van der Waals surface area contributed by atoms with Crippen LogP contribution in [0, 0.1) is 6.92 Å². The average Bonchev–Trinajstić information content (AvgIpc) is 3.05. The second kappa shape index (κ2) is 8.64. The van der Waals surface area contributed by atoms with Crippen LogP contribution in [0.25, 0.3) is 0 Å². The van der Waals surface area contributed by atoms with Crippen molar-refractivity contribution in [2.45, 2.75) is 44.9 Å². The van der Waals surface area contributed by atoms with Gasteiger partial charge >= 0.3 is 12.6 Å². The zero-order valence-electron chi connectivity index (χ0n) is 14.8. The van der Waals surface area contributed by atoms with Gasteiger partial charge in [0.15, 0.2) is 0 Å². The third kappa shape index (κ3) is 4.82. The Morgan fingerprint density at radius 1 is 1.27 bits per heavy atom. The van der Waals surface area contributed by atoms with E-state index in [1.807, 2.05) is 0 Å². The first kappa shape index (κ1) is 18.8. The van der Waals surface area contributed by atoms with Crippen LogP contribution in [0.3, 0.4) is 0 Å². The van der Waals surface area contributed by atoms with Crippen molar-refractivity contribution in [2.75, 3.05) is 31.6 Å². The van der Waals surface area contributed by atoms with Crippen LogP contribution in [-0.2, 0) is 4.74 Å². The fraction of sp³-hybridized carbons (Fsp3) is 0.611. The van der Waals surface area contributed by atoms with Crippen molar-refractivity contribution in [2.24, 2.45) is 0 Å². The second-order valence-corrected chi connectivity index (χ2v) is 6.76. The molecule has 2 aliphatic heterocycles. The molecule has 2 fully saturated rings. The zero-order chi connectivity index (χ0) is 18.5. The lowest BCUT2D eigenvalue weighted by molar-refractivity contribution is -0.0498. The van der Waals surface area contributed by atoms with Gasteiger partial charge in [-0.25, -0.2) is 4.79 Å². The number of carbonyl (C=O) groups excluding carboxylic acids is 1. The first-order valence-corrected chi connectivity index (χ1v) is 8.97. The van der Waals surface area contributed by atoms with Gasteiger partial charge < -0.3 is 20.1 Å². The van der Waals surface area contributed by atoms with Crippen LogP contribution in [0.1, 0.15) is 24.8 Å². The van der Waals surface area contributed by atoms with E-state index < -0.39 is 6.61 Å². The van der Waals surface area contributed by atoms with Crippen molar-refractivity contribution in [1.29, 1.82) is 0 Å². The molecule has 8 heteroatoms. The summed E-state index contributed by atoms with van der Waals surface area (Å²) in [7, 11) is 0. The highest BCUT2D eigenvalue weighted by Gasteiger charge is 2.34. The van der Waals surface area contributed by atoms with Gasteiger partial charge in [-0.1, -0.05) is 6.42 Å². The molecule has 0 saturated carbocycles. The van der Waals surface area contributed by atoms with Gasteiger partial charge in [0, 0.05) is 5.69 Å². The van der Waals surface area contributed by atoms with Gasteiger partial charge in [0.05, 0.1) is 25.3 Å². The maximum Gasteiger partial charge on any atom is 0.387 e. The molecule has 0 radical (unpaired) electrons. The Bertz CT molecular complexity index is 624. The lowest BCUT2D eigenvalue weighted by Gasteiger charge is -2.34. The highest BCUT2D eigenvalue weighted by atomic mass is 19.3. The predicted octanol–water partition coefficient (Wildman–Crippen LogP) is 2.97. The van der Waals surface area contributed by atoms with E-state index in [1.165, 1.54) is 31.4 Å². The quantitative estimate of drug-likeness (QED) is 0.838. The van der Waals surface area contributed by atoms with E-state index in [0.717, 1.165) is 13.1 Å². The van der Waals surface area contributed by atoms with E-state index in [2.05, 4.69) is 20.3 Å². The molecule has 26 heavy (non-hydrogen) atoms. The predicted molar refractivity (Wildman–Crippen MR) is 93.8 cm³/mol. The molecule has 2 saturated heterocycles. The molecule has 2 N–H and O–H groups in total. The summed E-state index contributed by atoms with van der Waals surface area (Å²) in [5, 5.41) is 5.75. The van der Waals surface area contributed by atoms with Gasteiger partial charge in [0.2, 0.25) is 0 Å². The van der Waals surface area contributed by atoms with E-state index in [4.69, 9.17) is 4.74 Å². The molecule has 2 atom stereocenters. The van der Waals surface area contributed by atoms with Crippen LogP contribution in [0.15, 0.2) is 18.2 Å². The van der Waals surface area contributed by atoms with E-state index in [9.17, 15) is 13.6 Å². The van der Waals surface area contributed by atoms with Crippen LogP contribution in [0.2, 0.25) is 0 Å². The number of amides is 2. The molecule has 0 spiro atoms. The summed E-state index contributed by atoms with van der Waals surface area (Å²) in [5.41, 5.74) is 1.20. The maximum atomic E-state index is 12.4. The Morgan fingerprint density at radius 2 is 2.04 bits per heavy atom. The number of anilines is 1. The Balaban J connectivity index is 1.56. The number of alkyl halides is 2. The SMILES string of the molecule is Cc1cc(OC(F)F)ccc1NC(=O)N[C@H]1COC[C@@H]1N1CCCCC1. The summed E-state index contributed by atoms with van der Waals surface area (Å²) in [6, 6.07) is 4.24. The lowest BCUT2D eigenvalue weighted by Crippen LogP contribution is -2.53. The van der Waals surface area contributed by atoms with Gasteiger partial charge in [-0.05, 0) is 56.6 Å². The number of nitrogens with zero attached hydrogens (tertiary/aromatic N) is 1. The van der Waals surface area contributed by atoms with Gasteiger partial charge in [0.1, 0.15) is 5.75 Å². The monoisotopic (exact) mass is 369 g/mol. The van der Waals surface area contributed by atoms with Crippen molar-refractivity contribution in [3.8, 4) is 5.75 Å². The number of nitrogens with one attached hydrogen (secondary N) is 2. The summed E-state index contributed by atoms with van der Waals surface area (Å²) in [6.45, 7) is 2.06. The van der Waals surface area contributed by atoms with E-state index in [-0.39, 0.29) is 23.9 Å². The lowest BCUT2D eigenvalue weighted by atomic mass is 10.1.